The summed E-state index contributed by atoms with van der Waals surface area (Å²) >= 11 is 0. The Morgan fingerprint density at radius 2 is 1.67 bits per heavy atom. The van der Waals surface area contributed by atoms with Crippen molar-refractivity contribution in [2.75, 3.05) is 0 Å². The zero-order valence-corrected chi connectivity index (χ0v) is 13.9. The first-order valence-corrected chi connectivity index (χ1v) is 8.08. The molecular formula is C18H12N4O5. The molecule has 0 amide bonds. The summed E-state index contributed by atoms with van der Waals surface area (Å²) in [6, 6.07) is 10.1. The molecule has 134 valence electrons. The molecule has 0 spiro atoms. The van der Waals surface area contributed by atoms with Gasteiger partial charge in [-0.1, -0.05) is 0 Å². The number of hydrogen-bond donors (Lipinski definition) is 0. The molecule has 0 radical (unpaired) electrons. The molecule has 0 saturated carbocycles. The maximum atomic E-state index is 12.7. The largest absolute Gasteiger partial charge is 0.292 e. The highest BCUT2D eigenvalue weighted by Crippen LogP contribution is 2.28. The van der Waals surface area contributed by atoms with Crippen LogP contribution >= 0.6 is 0 Å². The van der Waals surface area contributed by atoms with Gasteiger partial charge in [0.2, 0.25) is 0 Å². The fourth-order valence-corrected chi connectivity index (χ4v) is 3.15. The van der Waals surface area contributed by atoms with Gasteiger partial charge < -0.3 is 0 Å². The van der Waals surface area contributed by atoms with Crippen LogP contribution in [0.2, 0.25) is 0 Å². The molecule has 0 aliphatic carbocycles. The first kappa shape index (κ1) is 16.6. The first-order valence-electron chi connectivity index (χ1n) is 8.08. The normalized spacial score (nSPS) is 14.4. The van der Waals surface area contributed by atoms with Gasteiger partial charge in [0.05, 0.1) is 20.7 Å². The SMILES string of the molecule is O=c1c2cc([N+](=O)[O-])ccc2nc2n1CC/C2=C\c1ccc([N+](=O)[O-])cc1. The molecule has 0 saturated heterocycles. The third-order valence-corrected chi connectivity index (χ3v) is 4.49. The van der Waals surface area contributed by atoms with Crippen LogP contribution in [-0.4, -0.2) is 19.4 Å². The highest BCUT2D eigenvalue weighted by Gasteiger charge is 2.22. The van der Waals surface area contributed by atoms with Gasteiger partial charge in [0.1, 0.15) is 5.82 Å². The van der Waals surface area contributed by atoms with E-state index in [2.05, 4.69) is 4.98 Å². The fraction of sp³-hybridized carbons (Fsp3) is 0.111. The van der Waals surface area contributed by atoms with Crippen LogP contribution in [0.1, 0.15) is 17.8 Å². The molecular weight excluding hydrogens is 352 g/mol. The molecule has 3 aromatic rings. The number of allylic oxidation sites excluding steroid dienone is 1. The Labute approximate surface area is 151 Å². The third kappa shape index (κ3) is 2.84. The number of nitro groups is 2. The summed E-state index contributed by atoms with van der Waals surface area (Å²) in [6.07, 6.45) is 2.42. The summed E-state index contributed by atoms with van der Waals surface area (Å²) in [4.78, 5) is 37.9. The number of nitro benzene ring substituents is 2. The van der Waals surface area contributed by atoms with Crippen LogP contribution in [0.15, 0.2) is 47.3 Å². The number of non-ortho nitro benzene ring substituents is 2. The van der Waals surface area contributed by atoms with Gasteiger partial charge in [0.25, 0.3) is 16.9 Å². The van der Waals surface area contributed by atoms with E-state index in [0.29, 0.717) is 24.3 Å². The highest BCUT2D eigenvalue weighted by atomic mass is 16.6. The third-order valence-electron chi connectivity index (χ3n) is 4.49. The van der Waals surface area contributed by atoms with Crippen molar-refractivity contribution in [3.8, 4) is 0 Å². The smallest absolute Gasteiger partial charge is 0.270 e. The maximum Gasteiger partial charge on any atom is 0.270 e. The second-order valence-electron chi connectivity index (χ2n) is 6.12. The van der Waals surface area contributed by atoms with E-state index >= 15 is 0 Å². The van der Waals surface area contributed by atoms with Crippen LogP contribution in [0.25, 0.3) is 22.6 Å². The maximum absolute atomic E-state index is 12.7. The van der Waals surface area contributed by atoms with E-state index in [-0.39, 0.29) is 22.3 Å². The van der Waals surface area contributed by atoms with Crippen LogP contribution in [0.5, 0.6) is 0 Å². The van der Waals surface area contributed by atoms with E-state index in [9.17, 15) is 25.0 Å². The molecule has 0 unspecified atom stereocenters. The minimum absolute atomic E-state index is 0.00547. The molecule has 2 heterocycles. The van der Waals surface area contributed by atoms with Crippen molar-refractivity contribution in [3.63, 3.8) is 0 Å². The number of fused-ring (bicyclic) bond motifs is 2. The summed E-state index contributed by atoms with van der Waals surface area (Å²) in [5.41, 5.74) is 1.54. The van der Waals surface area contributed by atoms with Gasteiger partial charge in [0.15, 0.2) is 0 Å². The molecule has 0 atom stereocenters. The number of aromatic nitrogens is 2. The van der Waals surface area contributed by atoms with Gasteiger partial charge in [-0.15, -0.1) is 0 Å². The van der Waals surface area contributed by atoms with Crippen LogP contribution < -0.4 is 5.56 Å². The van der Waals surface area contributed by atoms with Crippen molar-refractivity contribution in [1.82, 2.24) is 9.55 Å². The molecule has 0 fully saturated rings. The van der Waals surface area contributed by atoms with Gasteiger partial charge in [-0.05, 0) is 41.8 Å². The van der Waals surface area contributed by atoms with Gasteiger partial charge >= 0.3 is 0 Å². The lowest BCUT2D eigenvalue weighted by Gasteiger charge is -2.05. The summed E-state index contributed by atoms with van der Waals surface area (Å²) in [6.45, 7) is 0.429. The van der Waals surface area contributed by atoms with E-state index in [1.54, 1.807) is 12.1 Å². The molecule has 9 heteroatoms. The Bertz CT molecular complexity index is 1190. The Hall–Kier alpha value is -3.88. The van der Waals surface area contributed by atoms with Gasteiger partial charge in [-0.2, -0.15) is 0 Å². The van der Waals surface area contributed by atoms with Crippen LogP contribution in [0.3, 0.4) is 0 Å². The summed E-state index contributed by atoms with van der Waals surface area (Å²) in [5, 5.41) is 21.9. The second kappa shape index (κ2) is 6.13. The Morgan fingerprint density at radius 1 is 1.00 bits per heavy atom. The van der Waals surface area contributed by atoms with Crippen LogP contribution in [0.4, 0.5) is 11.4 Å². The average molecular weight is 364 g/mol. The fourth-order valence-electron chi connectivity index (χ4n) is 3.15. The predicted molar refractivity (Wildman–Crippen MR) is 98.2 cm³/mol. The van der Waals surface area contributed by atoms with Crippen molar-refractivity contribution in [2.45, 2.75) is 13.0 Å². The highest BCUT2D eigenvalue weighted by molar-refractivity contribution is 5.85. The average Bonchev–Trinajstić information content (AvgIpc) is 3.05. The van der Waals surface area contributed by atoms with Crippen molar-refractivity contribution < 1.29 is 9.85 Å². The van der Waals surface area contributed by atoms with Gasteiger partial charge in [0, 0.05) is 30.8 Å². The minimum atomic E-state index is -0.545. The van der Waals surface area contributed by atoms with Crippen LogP contribution in [-0.2, 0) is 6.54 Å². The lowest BCUT2D eigenvalue weighted by molar-refractivity contribution is -0.385. The number of hydrogen-bond acceptors (Lipinski definition) is 6. The van der Waals surface area contributed by atoms with E-state index < -0.39 is 9.85 Å². The van der Waals surface area contributed by atoms with Crippen molar-refractivity contribution in [3.05, 3.63) is 84.4 Å². The van der Waals surface area contributed by atoms with E-state index in [1.165, 1.54) is 34.9 Å². The predicted octanol–water partition coefficient (Wildman–Crippen LogP) is 3.16. The zero-order chi connectivity index (χ0) is 19.1. The quantitative estimate of drug-likeness (QED) is 0.520. The lowest BCUT2D eigenvalue weighted by Crippen LogP contribution is -2.20. The molecule has 0 N–H and O–H groups in total. The van der Waals surface area contributed by atoms with Crippen molar-refractivity contribution in [2.24, 2.45) is 0 Å². The van der Waals surface area contributed by atoms with E-state index in [1.807, 2.05) is 6.08 Å². The number of benzene rings is 2. The second-order valence-corrected chi connectivity index (χ2v) is 6.12. The lowest BCUT2D eigenvalue weighted by atomic mass is 10.1. The van der Waals surface area contributed by atoms with E-state index in [0.717, 1.165) is 11.1 Å². The first-order chi connectivity index (χ1) is 12.9. The monoisotopic (exact) mass is 364 g/mol. The molecule has 1 aromatic heterocycles. The molecule has 0 bridgehead atoms. The van der Waals surface area contributed by atoms with Gasteiger partial charge in [-0.3, -0.25) is 29.6 Å². The summed E-state index contributed by atoms with van der Waals surface area (Å²) < 4.78 is 1.50. The summed E-state index contributed by atoms with van der Waals surface area (Å²) in [7, 11) is 0. The molecule has 1 aliphatic rings. The Balaban J connectivity index is 1.80. The number of rotatable bonds is 3. The topological polar surface area (TPSA) is 121 Å². The minimum Gasteiger partial charge on any atom is -0.292 e. The van der Waals surface area contributed by atoms with E-state index in [4.69, 9.17) is 0 Å². The van der Waals surface area contributed by atoms with Gasteiger partial charge in [-0.25, -0.2) is 4.98 Å². The zero-order valence-electron chi connectivity index (χ0n) is 13.9. The molecule has 4 rings (SSSR count). The standard InChI is InChI=1S/C18H12N4O5/c23-18-15-10-14(22(26)27)5-6-16(15)19-17-12(7-8-20(17)18)9-11-1-3-13(4-2-11)21(24)25/h1-6,9-10H,7-8H2/b12-9+. The Morgan fingerprint density at radius 3 is 2.33 bits per heavy atom. The number of nitrogens with zero attached hydrogens (tertiary/aromatic N) is 4. The molecule has 27 heavy (non-hydrogen) atoms. The van der Waals surface area contributed by atoms with Crippen molar-refractivity contribution in [1.29, 1.82) is 0 Å². The molecule has 9 nitrogen and oxygen atoms in total. The molecule has 1 aliphatic heterocycles. The van der Waals surface area contributed by atoms with Crippen molar-refractivity contribution >= 4 is 33.9 Å². The van der Waals surface area contributed by atoms with Crippen LogP contribution in [0, 0.1) is 20.2 Å². The summed E-state index contributed by atoms with van der Waals surface area (Å²) in [5.74, 6) is 0.514. The Kier molecular flexibility index (Phi) is 3.76. The molecule has 2 aromatic carbocycles.